The van der Waals surface area contributed by atoms with E-state index >= 15 is 0 Å². The molecule has 26 heavy (non-hydrogen) atoms. The number of benzene rings is 1. The van der Waals surface area contributed by atoms with E-state index in [4.69, 9.17) is 9.47 Å². The summed E-state index contributed by atoms with van der Waals surface area (Å²) in [5.41, 5.74) is 1.13. The summed E-state index contributed by atoms with van der Waals surface area (Å²) < 4.78 is 10.9. The number of halogens is 2. The second-order valence-corrected chi connectivity index (χ2v) is 6.33. The number of amides is 1. The lowest BCUT2D eigenvalue weighted by atomic mass is 10.0. The first-order valence-electron chi connectivity index (χ1n) is 8.75. The summed E-state index contributed by atoms with van der Waals surface area (Å²) in [7, 11) is 1.70. The highest BCUT2D eigenvalue weighted by Crippen LogP contribution is 2.31. The van der Waals surface area contributed by atoms with Gasteiger partial charge in [0.1, 0.15) is 11.8 Å². The Morgan fingerprint density at radius 2 is 2.08 bits per heavy atom. The van der Waals surface area contributed by atoms with Gasteiger partial charge in [0, 0.05) is 18.7 Å². The van der Waals surface area contributed by atoms with Gasteiger partial charge in [0.25, 0.3) is 0 Å². The molecule has 2 heterocycles. The number of methoxy groups -OCH3 is 1. The molecular weight excluding hydrogens is 377 g/mol. The Bertz CT molecular complexity index is 550. The van der Waals surface area contributed by atoms with Gasteiger partial charge in [-0.2, -0.15) is 0 Å². The molecule has 0 saturated carbocycles. The highest BCUT2D eigenvalue weighted by Gasteiger charge is 2.28. The summed E-state index contributed by atoms with van der Waals surface area (Å²) in [4.78, 5) is 14.8. The highest BCUT2D eigenvalue weighted by atomic mass is 35.5. The van der Waals surface area contributed by atoms with Gasteiger partial charge in [-0.25, -0.2) is 0 Å². The van der Waals surface area contributed by atoms with E-state index in [-0.39, 0.29) is 42.8 Å². The Hall–Kier alpha value is -1.05. The number of hydrogen-bond donors (Lipinski definition) is 2. The van der Waals surface area contributed by atoms with Crippen molar-refractivity contribution >= 4 is 30.7 Å². The molecule has 1 aromatic rings. The first kappa shape index (κ1) is 23.0. The van der Waals surface area contributed by atoms with E-state index in [1.165, 1.54) is 12.8 Å². The van der Waals surface area contributed by atoms with Crippen molar-refractivity contribution in [3.63, 3.8) is 0 Å². The monoisotopic (exact) mass is 405 g/mol. The van der Waals surface area contributed by atoms with Crippen molar-refractivity contribution < 1.29 is 14.3 Å². The first-order chi connectivity index (χ1) is 11.8. The van der Waals surface area contributed by atoms with Gasteiger partial charge in [-0.3, -0.25) is 9.69 Å². The lowest BCUT2D eigenvalue weighted by Gasteiger charge is -2.30. The van der Waals surface area contributed by atoms with Crippen molar-refractivity contribution in [2.45, 2.75) is 24.9 Å². The van der Waals surface area contributed by atoms with Crippen LogP contribution in [0.25, 0.3) is 0 Å². The number of carbonyl (C=O) groups is 1. The van der Waals surface area contributed by atoms with E-state index in [0.717, 1.165) is 30.9 Å². The number of ether oxygens (including phenoxy) is 2. The predicted octanol–water partition coefficient (Wildman–Crippen LogP) is 1.78. The van der Waals surface area contributed by atoms with E-state index in [1.54, 1.807) is 7.11 Å². The van der Waals surface area contributed by atoms with Crippen LogP contribution in [-0.2, 0) is 9.53 Å². The van der Waals surface area contributed by atoms with Gasteiger partial charge in [0.2, 0.25) is 5.91 Å². The SMILES string of the molecule is COc1ccccc1C(CNC(=O)C1COCCN1)N1CCCC1.Cl.Cl. The standard InChI is InChI=1S/C18H27N3O3.2ClH/c1-23-17-7-3-2-6-14(17)16(21-9-4-5-10-21)12-20-18(22)15-13-24-11-8-19-15;;/h2-3,6-7,15-16,19H,4-5,8-13H2,1H3,(H,20,22);2*1H. The molecule has 8 heteroatoms. The molecule has 2 fully saturated rings. The summed E-state index contributed by atoms with van der Waals surface area (Å²) in [6.07, 6.45) is 2.41. The summed E-state index contributed by atoms with van der Waals surface area (Å²) in [6.45, 7) is 4.53. The average Bonchev–Trinajstić information content (AvgIpc) is 3.17. The van der Waals surface area contributed by atoms with Gasteiger partial charge < -0.3 is 20.1 Å². The molecule has 2 aliphatic heterocycles. The number of carbonyl (C=O) groups excluding carboxylic acids is 1. The smallest absolute Gasteiger partial charge is 0.239 e. The number of nitrogens with zero attached hydrogens (tertiary/aromatic N) is 1. The molecule has 0 spiro atoms. The van der Waals surface area contributed by atoms with Crippen molar-refractivity contribution in [3.8, 4) is 5.75 Å². The number of morpholine rings is 1. The largest absolute Gasteiger partial charge is 0.496 e. The van der Waals surface area contributed by atoms with E-state index in [9.17, 15) is 4.79 Å². The molecule has 1 aromatic carbocycles. The molecule has 0 bridgehead atoms. The molecule has 6 nitrogen and oxygen atoms in total. The van der Waals surface area contributed by atoms with Crippen LogP contribution in [0.1, 0.15) is 24.4 Å². The second-order valence-electron chi connectivity index (χ2n) is 6.33. The molecule has 0 aliphatic carbocycles. The van der Waals surface area contributed by atoms with Crippen LogP contribution in [0, 0.1) is 0 Å². The lowest BCUT2D eigenvalue weighted by Crippen LogP contribution is -2.52. The molecule has 1 amide bonds. The van der Waals surface area contributed by atoms with Crippen molar-refractivity contribution in [1.29, 1.82) is 0 Å². The highest BCUT2D eigenvalue weighted by molar-refractivity contribution is 5.85. The van der Waals surface area contributed by atoms with E-state index in [0.29, 0.717) is 19.8 Å². The fourth-order valence-corrected chi connectivity index (χ4v) is 3.49. The fraction of sp³-hybridized carbons (Fsp3) is 0.611. The molecule has 3 rings (SSSR count). The number of likely N-dealkylation sites (tertiary alicyclic amines) is 1. The quantitative estimate of drug-likeness (QED) is 0.754. The Kier molecular flexibility index (Phi) is 10.3. The molecule has 2 N–H and O–H groups in total. The van der Waals surface area contributed by atoms with Crippen molar-refractivity contribution in [2.75, 3.05) is 46.5 Å². The first-order valence-corrected chi connectivity index (χ1v) is 8.75. The van der Waals surface area contributed by atoms with Crippen LogP contribution < -0.4 is 15.4 Å². The number of hydrogen-bond acceptors (Lipinski definition) is 5. The van der Waals surface area contributed by atoms with Crippen LogP contribution in [0.5, 0.6) is 5.75 Å². The maximum Gasteiger partial charge on any atom is 0.239 e. The molecule has 0 aromatic heterocycles. The maximum absolute atomic E-state index is 12.4. The summed E-state index contributed by atoms with van der Waals surface area (Å²) >= 11 is 0. The zero-order valence-electron chi connectivity index (χ0n) is 15.1. The fourth-order valence-electron chi connectivity index (χ4n) is 3.49. The average molecular weight is 406 g/mol. The molecule has 148 valence electrons. The van der Waals surface area contributed by atoms with Gasteiger partial charge in [-0.1, -0.05) is 18.2 Å². The normalized spacial score (nSPS) is 21.2. The van der Waals surface area contributed by atoms with Gasteiger partial charge in [0.15, 0.2) is 0 Å². The van der Waals surface area contributed by atoms with Gasteiger partial charge in [0.05, 0.1) is 26.4 Å². The van der Waals surface area contributed by atoms with Crippen molar-refractivity contribution in [3.05, 3.63) is 29.8 Å². The number of para-hydroxylation sites is 1. The summed E-state index contributed by atoms with van der Waals surface area (Å²) in [6, 6.07) is 7.96. The summed E-state index contributed by atoms with van der Waals surface area (Å²) in [5, 5.41) is 6.30. The maximum atomic E-state index is 12.4. The topological polar surface area (TPSA) is 62.8 Å². The molecule has 2 saturated heterocycles. The lowest BCUT2D eigenvalue weighted by molar-refractivity contribution is -0.126. The minimum atomic E-state index is -0.254. The zero-order valence-corrected chi connectivity index (χ0v) is 16.7. The van der Waals surface area contributed by atoms with Crippen LogP contribution in [0.4, 0.5) is 0 Å². The number of rotatable bonds is 6. The second kappa shape index (κ2) is 11.6. The molecule has 0 radical (unpaired) electrons. The Balaban J connectivity index is 0.00000169. The van der Waals surface area contributed by atoms with Gasteiger partial charge in [-0.05, 0) is 32.0 Å². The molecular formula is C18H29Cl2N3O3. The third-order valence-electron chi connectivity index (χ3n) is 4.79. The Labute approximate surface area is 167 Å². The van der Waals surface area contributed by atoms with E-state index in [1.807, 2.05) is 18.2 Å². The summed E-state index contributed by atoms with van der Waals surface area (Å²) in [5.74, 6) is 0.886. The number of nitrogens with one attached hydrogen (secondary N) is 2. The minimum Gasteiger partial charge on any atom is -0.496 e. The van der Waals surface area contributed by atoms with Crippen LogP contribution >= 0.6 is 24.8 Å². The van der Waals surface area contributed by atoms with Crippen LogP contribution in [0.3, 0.4) is 0 Å². The molecule has 2 atom stereocenters. The van der Waals surface area contributed by atoms with Crippen LogP contribution in [-0.4, -0.2) is 63.4 Å². The van der Waals surface area contributed by atoms with Crippen LogP contribution in [0.2, 0.25) is 0 Å². The van der Waals surface area contributed by atoms with Gasteiger partial charge >= 0.3 is 0 Å². The predicted molar refractivity (Wildman–Crippen MR) is 107 cm³/mol. The minimum absolute atomic E-state index is 0. The molecule has 2 unspecified atom stereocenters. The Morgan fingerprint density at radius 3 is 2.73 bits per heavy atom. The third-order valence-corrected chi connectivity index (χ3v) is 4.79. The van der Waals surface area contributed by atoms with E-state index in [2.05, 4.69) is 21.6 Å². The zero-order chi connectivity index (χ0) is 16.8. The van der Waals surface area contributed by atoms with E-state index < -0.39 is 0 Å². The molecule has 2 aliphatic rings. The third kappa shape index (κ3) is 5.72. The Morgan fingerprint density at radius 1 is 1.35 bits per heavy atom. The van der Waals surface area contributed by atoms with Gasteiger partial charge in [-0.15, -0.1) is 24.8 Å². The van der Waals surface area contributed by atoms with Crippen molar-refractivity contribution in [1.82, 2.24) is 15.5 Å². The van der Waals surface area contributed by atoms with Crippen LogP contribution in [0.15, 0.2) is 24.3 Å². The van der Waals surface area contributed by atoms with Crippen molar-refractivity contribution in [2.24, 2.45) is 0 Å².